The summed E-state index contributed by atoms with van der Waals surface area (Å²) in [5.74, 6) is -4.50. The maximum atomic E-state index is 15.7. The molecular weight excluding hydrogens is 633 g/mol. The first-order valence-electron chi connectivity index (χ1n) is 15.7. The number of alkyl halides is 1. The molecule has 2 aliphatic heterocycles. The third-order valence-electron chi connectivity index (χ3n) is 8.23. The van der Waals surface area contributed by atoms with Crippen LogP contribution in [-0.2, 0) is 36.8 Å². The minimum absolute atomic E-state index is 0.0106. The van der Waals surface area contributed by atoms with E-state index in [0.717, 1.165) is 36.5 Å². The molecular formula is C33H44FN3O11. The lowest BCUT2D eigenvalue weighted by atomic mass is 9.94. The Hall–Kier alpha value is -4.34. The number of hydrogen-bond acceptors (Lipinski definition) is 10. The molecule has 2 aromatic rings. The molecule has 14 nitrogen and oxygen atoms in total. The number of aromatic nitrogens is 1. The summed E-state index contributed by atoms with van der Waals surface area (Å²) in [5, 5.41) is 46.7. The fourth-order valence-electron chi connectivity index (χ4n) is 5.76. The van der Waals surface area contributed by atoms with Crippen molar-refractivity contribution in [1.82, 2.24) is 9.88 Å². The number of aryl methyl sites for hydroxylation is 2. The Labute approximate surface area is 277 Å². The van der Waals surface area contributed by atoms with Gasteiger partial charge in [0.15, 0.2) is 5.60 Å². The number of carbonyl (C=O) groups is 4. The quantitative estimate of drug-likeness (QED) is 0.133. The zero-order valence-electron chi connectivity index (χ0n) is 26.9. The lowest BCUT2D eigenvalue weighted by Crippen LogP contribution is -2.42. The number of carboxylic acids is 4. The molecule has 0 radical (unpaired) electrons. The molecule has 2 atom stereocenters. The van der Waals surface area contributed by atoms with Gasteiger partial charge in [0.1, 0.15) is 23.8 Å². The number of aliphatic carboxylic acids is 4. The largest absolute Gasteiger partial charge is 0.491 e. The van der Waals surface area contributed by atoms with Gasteiger partial charge in [-0.15, -0.1) is 0 Å². The van der Waals surface area contributed by atoms with E-state index in [9.17, 15) is 24.3 Å². The molecule has 4 rings (SSSR count). The number of fused-ring (bicyclic) bond motifs is 1. The molecule has 264 valence electrons. The summed E-state index contributed by atoms with van der Waals surface area (Å²) in [4.78, 5) is 48.8. The molecule has 0 spiro atoms. The van der Waals surface area contributed by atoms with Gasteiger partial charge in [0.25, 0.3) is 0 Å². The van der Waals surface area contributed by atoms with E-state index in [4.69, 9.17) is 34.9 Å². The number of ether oxygens (including phenoxy) is 2. The van der Waals surface area contributed by atoms with Crippen LogP contribution in [0.1, 0.15) is 61.3 Å². The van der Waals surface area contributed by atoms with Gasteiger partial charge < -0.3 is 40.3 Å². The maximum absolute atomic E-state index is 15.7. The number of aliphatic hydroxyl groups is 1. The second kappa shape index (κ2) is 17.7. The molecule has 1 saturated heterocycles. The molecule has 1 aromatic carbocycles. The summed E-state index contributed by atoms with van der Waals surface area (Å²) >= 11 is 0. The molecule has 48 heavy (non-hydrogen) atoms. The van der Waals surface area contributed by atoms with Gasteiger partial charge in [0, 0.05) is 44.9 Å². The molecule has 1 fully saturated rings. The van der Waals surface area contributed by atoms with Crippen molar-refractivity contribution in [3.63, 3.8) is 0 Å². The molecule has 2 aliphatic rings. The zero-order chi connectivity index (χ0) is 35.3. The van der Waals surface area contributed by atoms with Crippen molar-refractivity contribution in [2.45, 2.75) is 68.6 Å². The van der Waals surface area contributed by atoms with Gasteiger partial charge in [-0.3, -0.25) is 19.3 Å². The molecule has 0 bridgehead atoms. The smallest absolute Gasteiger partial charge is 0.336 e. The van der Waals surface area contributed by atoms with Gasteiger partial charge in [0.05, 0.1) is 25.9 Å². The van der Waals surface area contributed by atoms with Crippen molar-refractivity contribution in [3.8, 4) is 5.75 Å². The van der Waals surface area contributed by atoms with Crippen LogP contribution >= 0.6 is 0 Å². The third kappa shape index (κ3) is 12.0. The average Bonchev–Trinajstić information content (AvgIpc) is 3.39. The summed E-state index contributed by atoms with van der Waals surface area (Å²) < 4.78 is 26.4. The molecule has 0 unspecified atom stereocenters. The Morgan fingerprint density at radius 2 is 1.79 bits per heavy atom. The highest BCUT2D eigenvalue weighted by molar-refractivity contribution is 5.88. The highest BCUT2D eigenvalue weighted by Crippen LogP contribution is 2.34. The summed E-state index contributed by atoms with van der Waals surface area (Å²) in [6.45, 7) is 3.28. The van der Waals surface area contributed by atoms with E-state index < -0.39 is 48.0 Å². The van der Waals surface area contributed by atoms with Crippen molar-refractivity contribution in [2.75, 3.05) is 51.8 Å². The fourth-order valence-corrected chi connectivity index (χ4v) is 5.76. The Morgan fingerprint density at radius 3 is 2.44 bits per heavy atom. The van der Waals surface area contributed by atoms with E-state index in [1.54, 1.807) is 7.11 Å². The second-order valence-electron chi connectivity index (χ2n) is 12.2. The number of halogens is 1. The summed E-state index contributed by atoms with van der Waals surface area (Å²) in [7, 11) is 1.62. The van der Waals surface area contributed by atoms with Crippen LogP contribution in [0.25, 0.3) is 0 Å². The van der Waals surface area contributed by atoms with Crippen molar-refractivity contribution in [2.24, 2.45) is 0 Å². The van der Waals surface area contributed by atoms with Gasteiger partial charge in [-0.25, -0.2) is 14.2 Å². The number of benzene rings is 1. The number of carboxylic acid groups (broad SMARTS) is 4. The van der Waals surface area contributed by atoms with Crippen LogP contribution in [0.2, 0.25) is 0 Å². The van der Waals surface area contributed by atoms with Crippen LogP contribution in [0.5, 0.6) is 5.75 Å². The van der Waals surface area contributed by atoms with Gasteiger partial charge in [-0.1, -0.05) is 18.2 Å². The van der Waals surface area contributed by atoms with Crippen LogP contribution in [0.4, 0.5) is 10.2 Å². The molecule has 0 amide bonds. The van der Waals surface area contributed by atoms with Gasteiger partial charge in [-0.2, -0.15) is 0 Å². The normalized spacial score (nSPS) is 18.1. The average molecular weight is 678 g/mol. The zero-order valence-corrected chi connectivity index (χ0v) is 26.9. The van der Waals surface area contributed by atoms with E-state index in [-0.39, 0.29) is 12.3 Å². The molecule has 1 aromatic heterocycles. The number of nitrogens with zero attached hydrogens (tertiary/aromatic N) is 2. The van der Waals surface area contributed by atoms with E-state index >= 15 is 4.39 Å². The first-order chi connectivity index (χ1) is 22.7. The summed E-state index contributed by atoms with van der Waals surface area (Å²) in [5.41, 5.74) is -0.978. The Morgan fingerprint density at radius 1 is 1.06 bits per heavy atom. The van der Waals surface area contributed by atoms with E-state index in [1.165, 1.54) is 5.56 Å². The van der Waals surface area contributed by atoms with Gasteiger partial charge in [-0.05, 0) is 61.4 Å². The molecule has 0 saturated carbocycles. The minimum Gasteiger partial charge on any atom is -0.491 e. The van der Waals surface area contributed by atoms with Gasteiger partial charge in [0.2, 0.25) is 0 Å². The van der Waals surface area contributed by atoms with Crippen LogP contribution in [0.15, 0.2) is 36.4 Å². The predicted octanol–water partition coefficient (Wildman–Crippen LogP) is 2.82. The van der Waals surface area contributed by atoms with Crippen molar-refractivity contribution < 1.29 is 58.6 Å². The second-order valence-corrected chi connectivity index (χ2v) is 12.2. The van der Waals surface area contributed by atoms with Crippen molar-refractivity contribution in [1.29, 1.82) is 0 Å². The Kier molecular flexibility index (Phi) is 14.1. The minimum atomic E-state index is -2.74. The lowest BCUT2D eigenvalue weighted by molar-refractivity contribution is -0.170. The summed E-state index contributed by atoms with van der Waals surface area (Å²) in [6.07, 6.45) is 1.33. The first kappa shape index (κ1) is 38.1. The maximum Gasteiger partial charge on any atom is 0.336 e. The highest BCUT2D eigenvalue weighted by Gasteiger charge is 2.41. The van der Waals surface area contributed by atoms with E-state index in [0.29, 0.717) is 57.9 Å². The van der Waals surface area contributed by atoms with Crippen molar-refractivity contribution >= 4 is 29.7 Å². The highest BCUT2D eigenvalue weighted by atomic mass is 19.1. The topological polar surface area (TPSA) is 216 Å². The standard InChI is InChI=1S/C27H36FN3O4.C6H8O7/c1-34-14-15-35-24-6-2-4-21(16-24)22(17-25(32)33)18-31-13-11-27(28,19-31)10-9-23-8-7-20-5-3-12-29-26(20)30-23;7-3(8)1-6(13,5(11)12)2-4(9)10/h2,4,6-8,16,22H,3,5,9-15,17-19H2,1H3,(H,29,30)(H,32,33);13H,1-2H2,(H,7,8)(H,9,10)(H,11,12)/t22-,27+;/m1./s1. The Bertz CT molecular complexity index is 1410. The van der Waals surface area contributed by atoms with Crippen LogP contribution in [0.3, 0.4) is 0 Å². The number of anilines is 1. The van der Waals surface area contributed by atoms with Crippen LogP contribution in [0, 0.1) is 0 Å². The third-order valence-corrected chi connectivity index (χ3v) is 8.23. The first-order valence-corrected chi connectivity index (χ1v) is 15.7. The fraction of sp³-hybridized carbons (Fsp3) is 0.545. The van der Waals surface area contributed by atoms with Crippen LogP contribution < -0.4 is 10.1 Å². The van der Waals surface area contributed by atoms with E-state index in [2.05, 4.69) is 16.3 Å². The number of rotatable bonds is 17. The Balaban J connectivity index is 0.000000408. The van der Waals surface area contributed by atoms with Gasteiger partial charge >= 0.3 is 23.9 Å². The number of nitrogens with one attached hydrogen (secondary N) is 1. The molecule has 3 heterocycles. The molecule has 6 N–H and O–H groups in total. The number of hydrogen-bond donors (Lipinski definition) is 6. The predicted molar refractivity (Wildman–Crippen MR) is 170 cm³/mol. The van der Waals surface area contributed by atoms with E-state index in [1.807, 2.05) is 30.3 Å². The monoisotopic (exact) mass is 677 g/mol. The van der Waals surface area contributed by atoms with Crippen LogP contribution in [-0.4, -0.2) is 117 Å². The number of methoxy groups -OCH3 is 1. The number of likely N-dealkylation sites (tertiary alicyclic amines) is 1. The molecule has 0 aliphatic carbocycles. The molecule has 15 heteroatoms. The van der Waals surface area contributed by atoms with Crippen molar-refractivity contribution in [3.05, 3.63) is 53.2 Å². The SMILES string of the molecule is COCCOc1cccc([C@H](CC(=O)O)CN2CC[C@@](F)(CCc3ccc4c(n3)NCCC4)C2)c1.O=C(O)CC(O)(CC(=O)O)C(=O)O. The summed E-state index contributed by atoms with van der Waals surface area (Å²) in [6, 6.07) is 11.7. The lowest BCUT2D eigenvalue weighted by Gasteiger charge is -2.25. The number of pyridine rings is 1.